The molecule has 5 heteroatoms. The van der Waals surface area contributed by atoms with Crippen molar-refractivity contribution in [3.05, 3.63) is 58.7 Å². The van der Waals surface area contributed by atoms with E-state index in [4.69, 9.17) is 5.73 Å². The molecule has 0 unspecified atom stereocenters. The first kappa shape index (κ1) is 21.5. The second-order valence-electron chi connectivity index (χ2n) is 9.18. The van der Waals surface area contributed by atoms with Gasteiger partial charge in [-0.1, -0.05) is 53.7 Å². The summed E-state index contributed by atoms with van der Waals surface area (Å²) in [6, 6.07) is 11.0. The van der Waals surface area contributed by atoms with E-state index in [9.17, 15) is 9.90 Å². The number of anilines is 1. The van der Waals surface area contributed by atoms with Gasteiger partial charge in [-0.15, -0.1) is 0 Å². The van der Waals surface area contributed by atoms with E-state index in [0.29, 0.717) is 11.4 Å². The lowest BCUT2D eigenvalue weighted by Crippen LogP contribution is -2.20. The molecule has 0 bridgehead atoms. The number of hydrazone groups is 1. The van der Waals surface area contributed by atoms with Gasteiger partial charge in [-0.2, -0.15) is 5.10 Å². The van der Waals surface area contributed by atoms with Crippen molar-refractivity contribution in [1.82, 2.24) is 5.43 Å². The first-order chi connectivity index (χ1) is 12.9. The van der Waals surface area contributed by atoms with Crippen molar-refractivity contribution in [3.63, 3.8) is 0 Å². The predicted octanol–water partition coefficient (Wildman–Crippen LogP) is 4.26. The van der Waals surface area contributed by atoms with E-state index in [1.54, 1.807) is 18.3 Å². The Hall–Kier alpha value is -2.82. The van der Waals surface area contributed by atoms with Gasteiger partial charge in [-0.05, 0) is 46.2 Å². The van der Waals surface area contributed by atoms with Crippen LogP contribution in [-0.2, 0) is 22.0 Å². The number of nitrogen functional groups attached to an aromatic ring is 1. The summed E-state index contributed by atoms with van der Waals surface area (Å²) in [4.78, 5) is 12.1. The highest BCUT2D eigenvalue weighted by Gasteiger charge is 2.26. The Balaban J connectivity index is 2.20. The number of benzene rings is 2. The first-order valence-electron chi connectivity index (χ1n) is 9.42. The molecule has 0 fully saturated rings. The molecule has 150 valence electrons. The number of phenolic OH excluding ortho intramolecular Hbond substituents is 1. The number of nitrogens with two attached hydrogens (primary N) is 1. The fourth-order valence-electron chi connectivity index (χ4n) is 2.91. The molecule has 2 aromatic carbocycles. The van der Waals surface area contributed by atoms with E-state index in [1.165, 1.54) is 0 Å². The Labute approximate surface area is 167 Å². The van der Waals surface area contributed by atoms with Crippen LogP contribution in [0.1, 0.15) is 63.8 Å². The topological polar surface area (TPSA) is 87.7 Å². The molecule has 0 aliphatic carbocycles. The fourth-order valence-corrected chi connectivity index (χ4v) is 2.91. The van der Waals surface area contributed by atoms with Crippen LogP contribution in [-0.4, -0.2) is 17.2 Å². The van der Waals surface area contributed by atoms with Crippen LogP contribution in [0.5, 0.6) is 5.75 Å². The second-order valence-corrected chi connectivity index (χ2v) is 9.18. The zero-order chi connectivity index (χ0) is 21.1. The summed E-state index contributed by atoms with van der Waals surface area (Å²) in [5.41, 5.74) is 11.9. The average molecular weight is 382 g/mol. The maximum atomic E-state index is 12.1. The highest BCUT2D eigenvalue weighted by Crippen LogP contribution is 2.39. The third kappa shape index (κ3) is 5.59. The fraction of sp³-hybridized carbons (Fsp3) is 0.391. The molecular weight excluding hydrogens is 350 g/mol. The van der Waals surface area contributed by atoms with Crippen LogP contribution in [0.15, 0.2) is 41.5 Å². The van der Waals surface area contributed by atoms with Gasteiger partial charge >= 0.3 is 0 Å². The minimum absolute atomic E-state index is 0.202. The van der Waals surface area contributed by atoms with Crippen LogP contribution in [0.2, 0.25) is 0 Å². The van der Waals surface area contributed by atoms with Gasteiger partial charge in [-0.3, -0.25) is 4.79 Å². The van der Waals surface area contributed by atoms with Gasteiger partial charge in [0.25, 0.3) is 0 Å². The monoisotopic (exact) mass is 381 g/mol. The van der Waals surface area contributed by atoms with Gasteiger partial charge < -0.3 is 10.8 Å². The Morgan fingerprint density at radius 3 is 2.00 bits per heavy atom. The lowest BCUT2D eigenvalue weighted by atomic mass is 9.78. The van der Waals surface area contributed by atoms with Crippen LogP contribution in [0.4, 0.5) is 5.69 Å². The van der Waals surface area contributed by atoms with Gasteiger partial charge in [0.2, 0.25) is 5.91 Å². The lowest BCUT2D eigenvalue weighted by Gasteiger charge is -2.27. The molecule has 0 radical (unpaired) electrons. The quantitative estimate of drug-likeness (QED) is 0.420. The third-order valence-electron chi connectivity index (χ3n) is 4.50. The minimum Gasteiger partial charge on any atom is -0.507 e. The summed E-state index contributed by atoms with van der Waals surface area (Å²) in [5, 5.41) is 14.9. The highest BCUT2D eigenvalue weighted by atomic mass is 16.3. The van der Waals surface area contributed by atoms with Crippen LogP contribution >= 0.6 is 0 Å². The Kier molecular flexibility index (Phi) is 6.17. The van der Waals surface area contributed by atoms with Crippen molar-refractivity contribution < 1.29 is 9.90 Å². The van der Waals surface area contributed by atoms with Crippen LogP contribution in [0, 0.1) is 0 Å². The second kappa shape index (κ2) is 8.05. The average Bonchev–Trinajstić information content (AvgIpc) is 2.56. The summed E-state index contributed by atoms with van der Waals surface area (Å²) in [7, 11) is 0. The Morgan fingerprint density at radius 1 is 1.04 bits per heavy atom. The largest absolute Gasteiger partial charge is 0.507 e. The molecule has 1 amide bonds. The zero-order valence-electron chi connectivity index (χ0n) is 17.6. The Morgan fingerprint density at radius 2 is 1.54 bits per heavy atom. The number of hydrogen-bond acceptors (Lipinski definition) is 4. The summed E-state index contributed by atoms with van der Waals surface area (Å²) >= 11 is 0. The molecule has 0 aliphatic rings. The maximum absolute atomic E-state index is 12.1. The number of aromatic hydroxyl groups is 1. The molecule has 0 saturated heterocycles. The van der Waals surface area contributed by atoms with Crippen molar-refractivity contribution in [3.8, 4) is 5.75 Å². The number of hydrogen-bond donors (Lipinski definition) is 3. The zero-order valence-corrected chi connectivity index (χ0v) is 17.6. The highest BCUT2D eigenvalue weighted by molar-refractivity contribution is 5.84. The summed E-state index contributed by atoms with van der Waals surface area (Å²) in [6.07, 6.45) is 1.85. The SMILES string of the molecule is CC(C)(C)c1cc(/C=N\NC(=O)Cc2ccc(N)cc2)cc(C(C)(C)C)c1O. The van der Waals surface area contributed by atoms with E-state index in [1.807, 2.05) is 24.3 Å². The van der Waals surface area contributed by atoms with Gasteiger partial charge in [0, 0.05) is 16.8 Å². The molecule has 0 aromatic heterocycles. The number of rotatable bonds is 4. The normalized spacial score (nSPS) is 12.4. The minimum atomic E-state index is -0.216. The summed E-state index contributed by atoms with van der Waals surface area (Å²) in [5.74, 6) is 0.122. The molecule has 0 heterocycles. The van der Waals surface area contributed by atoms with Crippen molar-refractivity contribution >= 4 is 17.8 Å². The van der Waals surface area contributed by atoms with Crippen molar-refractivity contribution in [2.24, 2.45) is 5.10 Å². The third-order valence-corrected chi connectivity index (χ3v) is 4.50. The summed E-state index contributed by atoms with van der Waals surface area (Å²) < 4.78 is 0. The van der Waals surface area contributed by atoms with Crippen LogP contribution in [0.25, 0.3) is 0 Å². The molecular formula is C23H31N3O2. The molecule has 0 spiro atoms. The van der Waals surface area contributed by atoms with Crippen LogP contribution < -0.4 is 11.2 Å². The standard InChI is InChI=1S/C23H31N3O2/c1-22(2,3)18-11-16(12-19(21(18)28)23(4,5)6)14-25-26-20(27)13-15-7-9-17(24)10-8-15/h7-12,14,28H,13,24H2,1-6H3,(H,26,27)/b25-14-. The van der Waals surface area contributed by atoms with Crippen molar-refractivity contribution in [2.75, 3.05) is 5.73 Å². The van der Waals surface area contributed by atoms with E-state index in [2.05, 4.69) is 52.1 Å². The van der Waals surface area contributed by atoms with Gasteiger partial charge in [0.05, 0.1) is 12.6 Å². The molecule has 0 aliphatic heterocycles. The van der Waals surface area contributed by atoms with Crippen molar-refractivity contribution in [2.45, 2.75) is 58.8 Å². The van der Waals surface area contributed by atoms with E-state index in [-0.39, 0.29) is 23.2 Å². The van der Waals surface area contributed by atoms with E-state index < -0.39 is 0 Å². The molecule has 28 heavy (non-hydrogen) atoms. The molecule has 0 atom stereocenters. The maximum Gasteiger partial charge on any atom is 0.244 e. The smallest absolute Gasteiger partial charge is 0.244 e. The first-order valence-corrected chi connectivity index (χ1v) is 9.42. The van der Waals surface area contributed by atoms with Gasteiger partial charge in [0.15, 0.2) is 0 Å². The number of carbonyl (C=O) groups is 1. The lowest BCUT2D eigenvalue weighted by molar-refractivity contribution is -0.120. The van der Waals surface area contributed by atoms with Crippen LogP contribution in [0.3, 0.4) is 0 Å². The molecule has 0 saturated carbocycles. The molecule has 5 nitrogen and oxygen atoms in total. The van der Waals surface area contributed by atoms with E-state index >= 15 is 0 Å². The van der Waals surface area contributed by atoms with Gasteiger partial charge in [-0.25, -0.2) is 5.43 Å². The number of amides is 1. The number of carbonyl (C=O) groups excluding carboxylic acids is 1. The number of nitrogens with zero attached hydrogens (tertiary/aromatic N) is 1. The predicted molar refractivity (Wildman–Crippen MR) is 116 cm³/mol. The number of phenols is 1. The van der Waals surface area contributed by atoms with Gasteiger partial charge in [0.1, 0.15) is 5.75 Å². The molecule has 4 N–H and O–H groups in total. The van der Waals surface area contributed by atoms with E-state index in [0.717, 1.165) is 22.3 Å². The summed E-state index contributed by atoms with van der Waals surface area (Å²) in [6.45, 7) is 12.4. The Bertz CT molecular complexity index is 835. The van der Waals surface area contributed by atoms with Crippen molar-refractivity contribution in [1.29, 1.82) is 0 Å². The number of nitrogens with one attached hydrogen (secondary N) is 1. The molecule has 2 rings (SSSR count). The molecule has 2 aromatic rings.